The molecular formula is C25H32N2O6. The molecule has 0 aromatic carbocycles. The summed E-state index contributed by atoms with van der Waals surface area (Å²) in [7, 11) is 0. The van der Waals surface area contributed by atoms with Crippen molar-refractivity contribution >= 4 is 0 Å². The van der Waals surface area contributed by atoms with Crippen LogP contribution in [0.25, 0.3) is 11.6 Å². The molecule has 33 heavy (non-hydrogen) atoms. The van der Waals surface area contributed by atoms with Crippen molar-refractivity contribution in [2.45, 2.75) is 81.9 Å². The van der Waals surface area contributed by atoms with Crippen molar-refractivity contribution in [3.8, 4) is 11.6 Å². The van der Waals surface area contributed by atoms with Gasteiger partial charge >= 0.3 is 0 Å². The van der Waals surface area contributed by atoms with Gasteiger partial charge in [0.2, 0.25) is 5.79 Å². The lowest BCUT2D eigenvalue weighted by molar-refractivity contribution is -0.449. The number of aromatic amines is 1. The number of aliphatic hydroxyl groups excluding tert-OH is 3. The van der Waals surface area contributed by atoms with Gasteiger partial charge in [-0.25, -0.2) is 4.98 Å². The summed E-state index contributed by atoms with van der Waals surface area (Å²) in [6, 6.07) is 3.71. The molecule has 5 fully saturated rings. The van der Waals surface area contributed by atoms with E-state index >= 15 is 0 Å². The van der Waals surface area contributed by atoms with Crippen LogP contribution in [0, 0.1) is 29.6 Å². The molecule has 2 aliphatic heterocycles. The van der Waals surface area contributed by atoms with Crippen LogP contribution in [-0.2, 0) is 10.2 Å². The third-order valence-corrected chi connectivity index (χ3v) is 10.2. The molecule has 2 aromatic rings. The van der Waals surface area contributed by atoms with Gasteiger partial charge in [-0.2, -0.15) is 0 Å². The van der Waals surface area contributed by atoms with Gasteiger partial charge in [0.25, 0.3) is 0 Å². The maximum Gasteiger partial charge on any atom is 0.206 e. The molecule has 6 aliphatic rings. The zero-order chi connectivity index (χ0) is 23.1. The standard InChI is InChI=1S/C25H32N2O6/c1-11-4-6-13(33-11)21-26-16-12-5-7-14-23-10-32-25(31,24(14,19(12)29)18(16)27-21)20(30)17(23)22(2,3)9-8-15(23)28/h4,6,12,14-15,17,19-20,28-31H,5,7-10H2,1-3H3,(H,26,27)/t12-,14?,15-,17?,19+,20-,23+,24?,25-/m0/s1. The quantitative estimate of drug-likeness (QED) is 0.443. The topological polar surface area (TPSA) is 132 Å². The van der Waals surface area contributed by atoms with Crippen LogP contribution < -0.4 is 0 Å². The molecule has 3 unspecified atom stereocenters. The van der Waals surface area contributed by atoms with Gasteiger partial charge < -0.3 is 34.6 Å². The Kier molecular flexibility index (Phi) is 3.70. The van der Waals surface area contributed by atoms with Crippen LogP contribution in [0.3, 0.4) is 0 Å². The first-order valence-electron chi connectivity index (χ1n) is 12.2. The minimum Gasteiger partial charge on any atom is -0.458 e. The van der Waals surface area contributed by atoms with Crippen LogP contribution in [-0.4, -0.2) is 61.1 Å². The summed E-state index contributed by atoms with van der Waals surface area (Å²) >= 11 is 0. The second-order valence-corrected chi connectivity index (χ2v) is 11.9. The third-order valence-electron chi connectivity index (χ3n) is 10.2. The van der Waals surface area contributed by atoms with Gasteiger partial charge in [-0.1, -0.05) is 13.8 Å². The average molecular weight is 457 g/mol. The van der Waals surface area contributed by atoms with Crippen molar-refractivity contribution in [3.63, 3.8) is 0 Å². The molecular weight excluding hydrogens is 424 g/mol. The lowest BCUT2D eigenvalue weighted by Gasteiger charge is -2.75. The Morgan fingerprint density at radius 3 is 2.61 bits per heavy atom. The first-order chi connectivity index (χ1) is 15.6. The molecule has 9 atom stereocenters. The van der Waals surface area contributed by atoms with Gasteiger partial charge in [0.05, 0.1) is 24.5 Å². The van der Waals surface area contributed by atoms with E-state index in [1.807, 2.05) is 19.1 Å². The highest BCUT2D eigenvalue weighted by molar-refractivity contribution is 5.55. The van der Waals surface area contributed by atoms with Gasteiger partial charge in [0, 0.05) is 22.9 Å². The smallest absolute Gasteiger partial charge is 0.206 e. The number of hydrogen-bond donors (Lipinski definition) is 5. The van der Waals surface area contributed by atoms with E-state index in [1.54, 1.807) is 0 Å². The fourth-order valence-corrected chi connectivity index (χ4v) is 9.07. The van der Waals surface area contributed by atoms with Crippen LogP contribution >= 0.6 is 0 Å². The number of aryl methyl sites for hydroxylation is 1. The van der Waals surface area contributed by atoms with Crippen molar-refractivity contribution in [2.75, 3.05) is 6.61 Å². The molecule has 4 heterocycles. The molecule has 5 N–H and O–H groups in total. The highest BCUT2D eigenvalue weighted by Crippen LogP contribution is 2.76. The van der Waals surface area contributed by atoms with E-state index < -0.39 is 34.9 Å². The van der Waals surface area contributed by atoms with Gasteiger partial charge in [0.15, 0.2) is 11.6 Å². The molecule has 2 saturated heterocycles. The molecule has 8 nitrogen and oxygen atoms in total. The van der Waals surface area contributed by atoms with Crippen LogP contribution in [0.1, 0.15) is 62.6 Å². The summed E-state index contributed by atoms with van der Waals surface area (Å²) in [5.41, 5.74) is -1.03. The van der Waals surface area contributed by atoms with E-state index in [0.29, 0.717) is 30.1 Å². The van der Waals surface area contributed by atoms with Gasteiger partial charge in [0.1, 0.15) is 17.3 Å². The maximum atomic E-state index is 12.2. The molecule has 2 spiro atoms. The number of nitrogens with one attached hydrogen (secondary N) is 1. The molecule has 3 saturated carbocycles. The van der Waals surface area contributed by atoms with E-state index in [0.717, 1.165) is 24.3 Å². The number of furan rings is 1. The fourth-order valence-electron chi connectivity index (χ4n) is 9.07. The van der Waals surface area contributed by atoms with Crippen molar-refractivity contribution in [2.24, 2.45) is 22.7 Å². The molecule has 8 rings (SSSR count). The number of imidazole rings is 1. The van der Waals surface area contributed by atoms with Crippen molar-refractivity contribution in [1.29, 1.82) is 0 Å². The van der Waals surface area contributed by atoms with Crippen molar-refractivity contribution in [1.82, 2.24) is 9.97 Å². The Morgan fingerprint density at radius 1 is 1.09 bits per heavy atom. The Labute approximate surface area is 192 Å². The molecule has 2 aromatic heterocycles. The van der Waals surface area contributed by atoms with E-state index in [-0.39, 0.29) is 29.8 Å². The SMILES string of the molecule is Cc1ccc(-c2nc3c([nH]2)[C@@H]2CCC4C3([C@@H]2O)[C@@]2(O)OC[C@@]43C([C@@H]2O)C(C)(C)CC[C@@H]3O)o1. The monoisotopic (exact) mass is 456 g/mol. The molecule has 0 radical (unpaired) electrons. The number of ether oxygens (including phenoxy) is 1. The lowest BCUT2D eigenvalue weighted by Crippen LogP contribution is -2.86. The molecule has 4 aliphatic carbocycles. The molecule has 4 bridgehead atoms. The molecule has 178 valence electrons. The highest BCUT2D eigenvalue weighted by Gasteiger charge is 2.85. The molecule has 8 heteroatoms. The van der Waals surface area contributed by atoms with E-state index in [1.165, 1.54) is 0 Å². The summed E-state index contributed by atoms with van der Waals surface area (Å²) < 4.78 is 11.9. The van der Waals surface area contributed by atoms with Gasteiger partial charge in [-0.15, -0.1) is 0 Å². The fraction of sp³-hybridized carbons (Fsp3) is 0.720. The van der Waals surface area contributed by atoms with Crippen LogP contribution in [0.4, 0.5) is 0 Å². The summed E-state index contributed by atoms with van der Waals surface area (Å²) in [6.07, 6.45) is -0.0972. The minimum atomic E-state index is -1.99. The number of hydrogen-bond acceptors (Lipinski definition) is 7. The van der Waals surface area contributed by atoms with E-state index in [9.17, 15) is 20.4 Å². The van der Waals surface area contributed by atoms with Crippen LogP contribution in [0.15, 0.2) is 16.5 Å². The van der Waals surface area contributed by atoms with Gasteiger partial charge in [-0.3, -0.25) is 0 Å². The third kappa shape index (κ3) is 1.99. The number of rotatable bonds is 1. The minimum absolute atomic E-state index is 0.170. The summed E-state index contributed by atoms with van der Waals surface area (Å²) in [5.74, 6) is -0.962. The normalized spacial score (nSPS) is 48.9. The number of fused-ring (bicyclic) bond motifs is 4. The largest absolute Gasteiger partial charge is 0.458 e. The van der Waals surface area contributed by atoms with E-state index in [4.69, 9.17) is 14.1 Å². The maximum absolute atomic E-state index is 12.2. The number of aliphatic hydroxyl groups is 4. The Morgan fingerprint density at radius 2 is 1.88 bits per heavy atom. The van der Waals surface area contributed by atoms with Crippen LogP contribution in [0.5, 0.6) is 0 Å². The average Bonchev–Trinajstić information content (AvgIpc) is 3.41. The van der Waals surface area contributed by atoms with E-state index in [2.05, 4.69) is 18.8 Å². The second-order valence-electron chi connectivity index (χ2n) is 11.9. The Bertz CT molecular complexity index is 1160. The number of H-pyrrole nitrogens is 1. The Hall–Kier alpha value is -1.71. The predicted octanol–water partition coefficient (Wildman–Crippen LogP) is 1.96. The highest BCUT2D eigenvalue weighted by atomic mass is 16.6. The summed E-state index contributed by atoms with van der Waals surface area (Å²) in [6.45, 7) is 6.26. The first-order valence-corrected chi connectivity index (χ1v) is 12.2. The second kappa shape index (κ2) is 5.91. The van der Waals surface area contributed by atoms with Crippen molar-refractivity contribution in [3.05, 3.63) is 29.3 Å². The number of aromatic nitrogens is 2. The molecule has 0 amide bonds. The first kappa shape index (κ1) is 20.6. The lowest BCUT2D eigenvalue weighted by atomic mass is 9.35. The van der Waals surface area contributed by atoms with Gasteiger partial charge in [-0.05, 0) is 56.1 Å². The predicted molar refractivity (Wildman–Crippen MR) is 116 cm³/mol. The van der Waals surface area contributed by atoms with Crippen molar-refractivity contribution < 1.29 is 29.6 Å². The Balaban J connectivity index is 1.49. The zero-order valence-electron chi connectivity index (χ0n) is 19.2. The van der Waals surface area contributed by atoms with Crippen LogP contribution in [0.2, 0.25) is 0 Å². The number of nitrogens with zero attached hydrogens (tertiary/aromatic N) is 1. The summed E-state index contributed by atoms with van der Waals surface area (Å²) in [5, 5.41) is 47.3. The zero-order valence-corrected chi connectivity index (χ0v) is 19.2. The summed E-state index contributed by atoms with van der Waals surface area (Å²) in [4.78, 5) is 8.26.